The normalized spacial score (nSPS) is 11.6. The first-order valence-corrected chi connectivity index (χ1v) is 10.9. The summed E-state index contributed by atoms with van der Waals surface area (Å²) in [6, 6.07) is 16.9. The first kappa shape index (κ1) is 21.7. The molecule has 0 saturated carbocycles. The Morgan fingerprint density at radius 3 is 2.57 bits per heavy atom. The van der Waals surface area contributed by atoms with E-state index < -0.39 is 21.7 Å². The van der Waals surface area contributed by atoms with Gasteiger partial charge in [-0.25, -0.2) is 12.8 Å². The maximum atomic E-state index is 13.7. The number of hydrogen-bond donors (Lipinski definition) is 1. The van der Waals surface area contributed by atoms with Gasteiger partial charge in [-0.1, -0.05) is 49.4 Å². The van der Waals surface area contributed by atoms with Crippen LogP contribution in [0.15, 0.2) is 65.6 Å². The number of ether oxygens (including phenoxy) is 1. The van der Waals surface area contributed by atoms with Crippen molar-refractivity contribution in [3.8, 4) is 5.75 Å². The third-order valence-electron chi connectivity index (χ3n) is 4.77. The summed E-state index contributed by atoms with van der Waals surface area (Å²) in [5, 5.41) is 4.84. The largest absolute Gasteiger partial charge is 0.495 e. The molecule has 0 aliphatic carbocycles. The van der Waals surface area contributed by atoms with Crippen LogP contribution in [-0.2, 0) is 21.4 Å². The van der Waals surface area contributed by atoms with Crippen LogP contribution in [0.3, 0.4) is 0 Å². The van der Waals surface area contributed by atoms with E-state index in [1.807, 2.05) is 42.5 Å². The van der Waals surface area contributed by atoms with Crippen LogP contribution in [0.1, 0.15) is 12.5 Å². The van der Waals surface area contributed by atoms with Gasteiger partial charge in [-0.2, -0.15) is 4.31 Å². The number of carbonyl (C=O) groups is 1. The monoisotopic (exact) mass is 430 g/mol. The summed E-state index contributed by atoms with van der Waals surface area (Å²) in [6.07, 6.45) is 0. The number of nitrogens with zero attached hydrogens (tertiary/aromatic N) is 1. The average Bonchev–Trinajstić information content (AvgIpc) is 2.75. The van der Waals surface area contributed by atoms with Gasteiger partial charge >= 0.3 is 0 Å². The number of carbonyl (C=O) groups excluding carboxylic acids is 1. The highest BCUT2D eigenvalue weighted by Crippen LogP contribution is 2.27. The fraction of sp³-hybridized carbons (Fsp3) is 0.227. The van der Waals surface area contributed by atoms with Crippen molar-refractivity contribution in [2.75, 3.05) is 20.2 Å². The number of sulfonamides is 1. The van der Waals surface area contributed by atoms with E-state index in [2.05, 4.69) is 5.32 Å². The fourth-order valence-electron chi connectivity index (χ4n) is 3.21. The second kappa shape index (κ2) is 9.23. The first-order valence-electron chi connectivity index (χ1n) is 9.44. The highest BCUT2D eigenvalue weighted by atomic mass is 32.2. The molecule has 0 bridgehead atoms. The molecule has 0 spiro atoms. The van der Waals surface area contributed by atoms with Gasteiger partial charge in [0, 0.05) is 13.1 Å². The smallest absolute Gasteiger partial charge is 0.247 e. The van der Waals surface area contributed by atoms with Crippen molar-refractivity contribution >= 4 is 26.7 Å². The second-order valence-corrected chi connectivity index (χ2v) is 8.55. The maximum absolute atomic E-state index is 13.7. The summed E-state index contributed by atoms with van der Waals surface area (Å²) in [4.78, 5) is 12.2. The Morgan fingerprint density at radius 1 is 1.10 bits per heavy atom. The van der Waals surface area contributed by atoms with E-state index in [1.165, 1.54) is 13.2 Å². The molecule has 6 nitrogen and oxygen atoms in total. The van der Waals surface area contributed by atoms with Crippen molar-refractivity contribution in [1.82, 2.24) is 9.62 Å². The van der Waals surface area contributed by atoms with Gasteiger partial charge in [0.15, 0.2) is 0 Å². The minimum atomic E-state index is -4.12. The molecule has 0 unspecified atom stereocenters. The Morgan fingerprint density at radius 2 is 1.83 bits per heavy atom. The van der Waals surface area contributed by atoms with Crippen LogP contribution in [0.25, 0.3) is 10.8 Å². The van der Waals surface area contributed by atoms with E-state index >= 15 is 0 Å². The molecule has 1 N–H and O–H groups in total. The molecule has 0 saturated heterocycles. The van der Waals surface area contributed by atoms with Crippen LogP contribution in [0, 0.1) is 5.82 Å². The zero-order valence-electron chi connectivity index (χ0n) is 16.8. The van der Waals surface area contributed by atoms with E-state index in [4.69, 9.17) is 4.74 Å². The molecule has 0 aliphatic heterocycles. The zero-order chi connectivity index (χ0) is 21.7. The minimum absolute atomic E-state index is 0.0195. The number of benzene rings is 3. The van der Waals surface area contributed by atoms with Gasteiger partial charge in [0.2, 0.25) is 15.9 Å². The van der Waals surface area contributed by atoms with E-state index in [0.29, 0.717) is 0 Å². The van der Waals surface area contributed by atoms with Gasteiger partial charge in [-0.05, 0) is 34.5 Å². The SMILES string of the molecule is CCN(CC(=O)NCc1cccc2ccccc12)S(=O)(=O)c1cc(F)ccc1OC. The average molecular weight is 431 g/mol. The van der Waals surface area contributed by atoms with Crippen molar-refractivity contribution in [2.45, 2.75) is 18.4 Å². The molecule has 8 heteroatoms. The van der Waals surface area contributed by atoms with Crippen molar-refractivity contribution in [3.63, 3.8) is 0 Å². The van der Waals surface area contributed by atoms with Crippen LogP contribution in [0.2, 0.25) is 0 Å². The van der Waals surface area contributed by atoms with Gasteiger partial charge in [0.25, 0.3) is 0 Å². The predicted octanol–water partition coefficient (Wildman–Crippen LogP) is 3.31. The quantitative estimate of drug-likeness (QED) is 0.595. The summed E-state index contributed by atoms with van der Waals surface area (Å²) in [5.74, 6) is -1.14. The molecule has 0 radical (unpaired) electrons. The van der Waals surface area contributed by atoms with Gasteiger partial charge in [-0.15, -0.1) is 0 Å². The van der Waals surface area contributed by atoms with Gasteiger partial charge in [-0.3, -0.25) is 4.79 Å². The molecule has 30 heavy (non-hydrogen) atoms. The first-order chi connectivity index (χ1) is 14.4. The third-order valence-corrected chi connectivity index (χ3v) is 6.71. The van der Waals surface area contributed by atoms with Crippen molar-refractivity contribution in [3.05, 3.63) is 72.0 Å². The highest BCUT2D eigenvalue weighted by molar-refractivity contribution is 7.89. The molecule has 0 atom stereocenters. The number of methoxy groups -OCH3 is 1. The van der Waals surface area contributed by atoms with Gasteiger partial charge in [0.05, 0.1) is 13.7 Å². The van der Waals surface area contributed by atoms with Crippen molar-refractivity contribution in [1.29, 1.82) is 0 Å². The van der Waals surface area contributed by atoms with Gasteiger partial charge < -0.3 is 10.1 Å². The van der Waals surface area contributed by atoms with Crippen LogP contribution in [0.4, 0.5) is 4.39 Å². The Kier molecular flexibility index (Phi) is 6.69. The van der Waals surface area contributed by atoms with Crippen LogP contribution in [-0.4, -0.2) is 38.8 Å². The van der Waals surface area contributed by atoms with E-state index in [-0.39, 0.29) is 30.3 Å². The molecular weight excluding hydrogens is 407 g/mol. The van der Waals surface area contributed by atoms with Crippen LogP contribution >= 0.6 is 0 Å². The third kappa shape index (κ3) is 4.60. The molecule has 3 aromatic rings. The van der Waals surface area contributed by atoms with Crippen molar-refractivity contribution < 1.29 is 22.3 Å². The summed E-state index contributed by atoms with van der Waals surface area (Å²) >= 11 is 0. The fourth-order valence-corrected chi connectivity index (χ4v) is 4.79. The van der Waals surface area contributed by atoms with Gasteiger partial charge in [0.1, 0.15) is 16.5 Å². The number of rotatable bonds is 8. The summed E-state index contributed by atoms with van der Waals surface area (Å²) in [6.45, 7) is 1.54. The molecule has 0 aromatic heterocycles. The molecule has 0 aliphatic rings. The van der Waals surface area contributed by atoms with E-state index in [0.717, 1.165) is 32.8 Å². The summed E-state index contributed by atoms with van der Waals surface area (Å²) in [5.41, 5.74) is 0.930. The lowest BCUT2D eigenvalue weighted by Crippen LogP contribution is -2.40. The Labute approximate surface area is 175 Å². The zero-order valence-corrected chi connectivity index (χ0v) is 17.6. The lowest BCUT2D eigenvalue weighted by atomic mass is 10.0. The molecule has 3 aromatic carbocycles. The number of likely N-dealkylation sites (N-methyl/N-ethyl adjacent to an activating group) is 1. The van der Waals surface area contributed by atoms with Crippen molar-refractivity contribution in [2.24, 2.45) is 0 Å². The van der Waals surface area contributed by atoms with Crippen LogP contribution in [0.5, 0.6) is 5.75 Å². The summed E-state index contributed by atoms with van der Waals surface area (Å²) in [7, 11) is -2.82. The number of hydrogen-bond acceptors (Lipinski definition) is 4. The molecule has 0 heterocycles. The van der Waals surface area contributed by atoms with Crippen LogP contribution < -0.4 is 10.1 Å². The number of nitrogens with one attached hydrogen (secondary N) is 1. The van der Waals surface area contributed by atoms with E-state index in [9.17, 15) is 17.6 Å². The van der Waals surface area contributed by atoms with E-state index in [1.54, 1.807) is 6.92 Å². The molecule has 1 amide bonds. The maximum Gasteiger partial charge on any atom is 0.247 e. The Hall–Kier alpha value is -2.97. The lowest BCUT2D eigenvalue weighted by molar-refractivity contribution is -0.121. The minimum Gasteiger partial charge on any atom is -0.495 e. The molecular formula is C22H23FN2O4S. The Bertz CT molecular complexity index is 1160. The standard InChI is InChI=1S/C22H23FN2O4S/c1-3-25(30(27,28)21-13-18(23)11-12-20(21)29-2)15-22(26)24-14-17-9-6-8-16-7-4-5-10-19(16)17/h4-13H,3,14-15H2,1-2H3,(H,24,26). The highest BCUT2D eigenvalue weighted by Gasteiger charge is 2.28. The number of halogens is 1. The second-order valence-electron chi connectivity index (χ2n) is 6.64. The molecule has 0 fully saturated rings. The predicted molar refractivity (Wildman–Crippen MR) is 113 cm³/mol. The number of fused-ring (bicyclic) bond motifs is 1. The summed E-state index contributed by atoms with van der Waals surface area (Å²) < 4.78 is 45.7. The molecule has 3 rings (SSSR count). The topological polar surface area (TPSA) is 75.7 Å². The molecule has 158 valence electrons. The Balaban J connectivity index is 1.75. The number of amides is 1. The lowest BCUT2D eigenvalue weighted by Gasteiger charge is -2.21.